The van der Waals surface area contributed by atoms with Gasteiger partial charge in [-0.1, -0.05) is 48.5 Å². The molecule has 2 fully saturated rings. The second-order valence-corrected chi connectivity index (χ2v) is 10.8. The first-order valence-electron chi connectivity index (χ1n) is 11.2. The van der Waals surface area contributed by atoms with E-state index in [0.717, 1.165) is 36.9 Å². The number of carbonyl (C=O) groups excluding carboxylic acids is 1. The number of nitrogens with zero attached hydrogens (tertiary/aromatic N) is 3. The zero-order valence-electron chi connectivity index (χ0n) is 17.9. The lowest BCUT2D eigenvalue weighted by Gasteiger charge is -2.24. The lowest BCUT2D eigenvalue weighted by molar-refractivity contribution is 0.0730. The number of imidazole rings is 1. The molecule has 32 heavy (non-hydrogen) atoms. The van der Waals surface area contributed by atoms with E-state index in [4.69, 9.17) is 0 Å². The predicted octanol–water partition coefficient (Wildman–Crippen LogP) is 4.24. The zero-order valence-corrected chi connectivity index (χ0v) is 18.7. The third-order valence-corrected chi connectivity index (χ3v) is 7.64. The summed E-state index contributed by atoms with van der Waals surface area (Å²) in [5, 5.41) is 0.123. The quantitative estimate of drug-likeness (QED) is 0.490. The number of hydrogen-bond donors (Lipinski definition) is 0. The molecule has 7 heteroatoms. The van der Waals surface area contributed by atoms with Crippen LogP contribution in [0.2, 0.25) is 0 Å². The highest BCUT2D eigenvalue weighted by Gasteiger charge is 2.35. The number of carbonyl (C=O) groups is 1. The van der Waals surface area contributed by atoms with Crippen LogP contribution >= 0.6 is 0 Å². The van der Waals surface area contributed by atoms with Crippen molar-refractivity contribution in [1.29, 1.82) is 0 Å². The molecule has 166 valence electrons. The van der Waals surface area contributed by atoms with Crippen LogP contribution in [0.3, 0.4) is 0 Å². The largest absolute Gasteiger partial charge is 0.332 e. The third kappa shape index (κ3) is 4.63. The van der Waals surface area contributed by atoms with Crippen molar-refractivity contribution in [2.75, 3.05) is 6.54 Å². The first-order valence-corrected chi connectivity index (χ1v) is 12.8. The topological polar surface area (TPSA) is 72.3 Å². The summed E-state index contributed by atoms with van der Waals surface area (Å²) in [7, 11) is -3.60. The molecule has 0 atom stereocenters. The second-order valence-electron chi connectivity index (χ2n) is 8.87. The molecule has 6 nitrogen and oxygen atoms in total. The minimum atomic E-state index is -3.60. The molecular formula is C25H27N3O3S. The molecule has 0 bridgehead atoms. The van der Waals surface area contributed by atoms with Crippen LogP contribution < -0.4 is 0 Å². The van der Waals surface area contributed by atoms with Crippen molar-refractivity contribution in [2.24, 2.45) is 5.92 Å². The standard InChI is InChI=1S/C25H27N3O3S/c29-24(21-9-5-2-6-10-21)27(16-19-11-12-19)17-23-15-26-25(28(23)22-13-14-22)32(30,31)18-20-7-3-1-4-8-20/h1-10,15,19,22H,11-14,16-18H2. The van der Waals surface area contributed by atoms with Gasteiger partial charge in [0.25, 0.3) is 5.91 Å². The lowest BCUT2D eigenvalue weighted by atomic mass is 10.2. The maximum Gasteiger partial charge on any atom is 0.254 e. The van der Waals surface area contributed by atoms with E-state index in [-0.39, 0.29) is 22.9 Å². The molecule has 0 radical (unpaired) electrons. The van der Waals surface area contributed by atoms with Crippen LogP contribution in [0.4, 0.5) is 0 Å². The maximum atomic E-state index is 13.2. The fraction of sp³-hybridized carbons (Fsp3) is 0.360. The van der Waals surface area contributed by atoms with Gasteiger partial charge in [-0.2, -0.15) is 0 Å². The number of rotatable bonds is 9. The average molecular weight is 450 g/mol. The molecule has 2 aliphatic carbocycles. The van der Waals surface area contributed by atoms with Crippen molar-refractivity contribution in [1.82, 2.24) is 14.5 Å². The Morgan fingerprint density at radius 3 is 2.25 bits per heavy atom. The van der Waals surface area contributed by atoms with Gasteiger partial charge in [0.05, 0.1) is 24.2 Å². The van der Waals surface area contributed by atoms with Crippen molar-refractivity contribution in [3.8, 4) is 0 Å². The van der Waals surface area contributed by atoms with Crippen LogP contribution in [0.25, 0.3) is 0 Å². The van der Waals surface area contributed by atoms with Gasteiger partial charge in [0.15, 0.2) is 0 Å². The van der Waals surface area contributed by atoms with Gasteiger partial charge >= 0.3 is 0 Å². The van der Waals surface area contributed by atoms with E-state index < -0.39 is 9.84 Å². The average Bonchev–Trinajstić information content (AvgIpc) is 3.73. The summed E-state index contributed by atoms with van der Waals surface area (Å²) in [5.41, 5.74) is 2.20. The number of benzene rings is 2. The van der Waals surface area contributed by atoms with Crippen LogP contribution in [-0.2, 0) is 22.1 Å². The van der Waals surface area contributed by atoms with Gasteiger partial charge in [0.1, 0.15) is 0 Å². The van der Waals surface area contributed by atoms with E-state index in [1.54, 1.807) is 6.20 Å². The predicted molar refractivity (Wildman–Crippen MR) is 122 cm³/mol. The van der Waals surface area contributed by atoms with Gasteiger partial charge in [-0.15, -0.1) is 0 Å². The van der Waals surface area contributed by atoms with Crippen LogP contribution in [0.15, 0.2) is 72.0 Å². The molecule has 2 aliphatic rings. The summed E-state index contributed by atoms with van der Waals surface area (Å²) in [6, 6.07) is 18.6. The second kappa shape index (κ2) is 8.54. The van der Waals surface area contributed by atoms with Crippen molar-refractivity contribution in [3.63, 3.8) is 0 Å². The number of amides is 1. The SMILES string of the molecule is O=C(c1ccccc1)N(Cc1cnc(S(=O)(=O)Cc2ccccc2)n1C1CC1)CC1CC1. The molecule has 0 N–H and O–H groups in total. The van der Waals surface area contributed by atoms with Crippen molar-refractivity contribution in [2.45, 2.75) is 49.2 Å². The molecule has 1 amide bonds. The highest BCUT2D eigenvalue weighted by Crippen LogP contribution is 2.39. The third-order valence-electron chi connectivity index (χ3n) is 6.07. The highest BCUT2D eigenvalue weighted by molar-refractivity contribution is 7.90. The van der Waals surface area contributed by atoms with E-state index >= 15 is 0 Å². The van der Waals surface area contributed by atoms with Crippen LogP contribution in [0.5, 0.6) is 0 Å². The Balaban J connectivity index is 1.44. The van der Waals surface area contributed by atoms with Crippen molar-refractivity contribution in [3.05, 3.63) is 83.7 Å². The first-order chi connectivity index (χ1) is 15.5. The fourth-order valence-corrected chi connectivity index (χ4v) is 5.64. The van der Waals surface area contributed by atoms with Crippen molar-refractivity contribution < 1.29 is 13.2 Å². The smallest absolute Gasteiger partial charge is 0.254 e. The summed E-state index contributed by atoms with van der Waals surface area (Å²) in [4.78, 5) is 19.5. The highest BCUT2D eigenvalue weighted by atomic mass is 32.2. The van der Waals surface area contributed by atoms with E-state index in [1.807, 2.05) is 70.1 Å². The molecule has 0 aliphatic heterocycles. The van der Waals surface area contributed by atoms with Crippen LogP contribution in [0, 0.1) is 5.92 Å². The first kappa shape index (κ1) is 20.9. The molecule has 1 heterocycles. The Bertz CT molecular complexity index is 1200. The summed E-state index contributed by atoms with van der Waals surface area (Å²) >= 11 is 0. The van der Waals surface area contributed by atoms with Gasteiger partial charge in [-0.25, -0.2) is 13.4 Å². The Labute approximate surface area is 188 Å². The molecule has 0 saturated heterocycles. The minimum Gasteiger partial charge on any atom is -0.332 e. The monoisotopic (exact) mass is 449 g/mol. The van der Waals surface area contributed by atoms with Gasteiger partial charge in [-0.3, -0.25) is 4.79 Å². The summed E-state index contributed by atoms with van der Waals surface area (Å²) in [6.07, 6.45) is 5.79. The zero-order chi connectivity index (χ0) is 22.1. The molecule has 2 saturated carbocycles. The molecule has 2 aromatic carbocycles. The van der Waals surface area contributed by atoms with E-state index in [0.29, 0.717) is 24.6 Å². The molecule has 3 aromatic rings. The Hall–Kier alpha value is -2.93. The minimum absolute atomic E-state index is 0.0188. The summed E-state index contributed by atoms with van der Waals surface area (Å²) in [5.74, 6) is 0.433. The molecule has 0 spiro atoms. The number of sulfone groups is 1. The Morgan fingerprint density at radius 2 is 1.62 bits per heavy atom. The molecule has 5 rings (SSSR count). The Morgan fingerprint density at radius 1 is 0.969 bits per heavy atom. The molecular weight excluding hydrogens is 422 g/mol. The van der Waals surface area contributed by atoms with E-state index in [2.05, 4.69) is 4.98 Å². The van der Waals surface area contributed by atoms with Gasteiger partial charge in [-0.05, 0) is 49.3 Å². The number of aromatic nitrogens is 2. The fourth-order valence-electron chi connectivity index (χ4n) is 4.10. The Kier molecular flexibility index (Phi) is 5.59. The van der Waals surface area contributed by atoms with E-state index in [1.165, 1.54) is 0 Å². The maximum absolute atomic E-state index is 13.2. The summed E-state index contributed by atoms with van der Waals surface area (Å²) in [6.45, 7) is 1.06. The summed E-state index contributed by atoms with van der Waals surface area (Å²) < 4.78 is 28.3. The van der Waals surface area contributed by atoms with Gasteiger partial charge in [0, 0.05) is 18.2 Å². The van der Waals surface area contributed by atoms with Crippen molar-refractivity contribution >= 4 is 15.7 Å². The molecule has 1 aromatic heterocycles. The van der Waals surface area contributed by atoms with Crippen LogP contribution in [0.1, 0.15) is 53.3 Å². The van der Waals surface area contributed by atoms with Gasteiger partial charge < -0.3 is 9.47 Å². The lowest BCUT2D eigenvalue weighted by Crippen LogP contribution is -2.33. The molecule has 0 unspecified atom stereocenters. The normalized spacial score (nSPS) is 16.1. The van der Waals surface area contributed by atoms with Gasteiger partial charge in [0.2, 0.25) is 15.0 Å². The number of hydrogen-bond acceptors (Lipinski definition) is 4. The van der Waals surface area contributed by atoms with Crippen LogP contribution in [-0.4, -0.2) is 35.3 Å². The van der Waals surface area contributed by atoms with E-state index in [9.17, 15) is 13.2 Å².